The van der Waals surface area contributed by atoms with Crippen LogP contribution in [-0.2, 0) is 11.2 Å². The fraction of sp³-hybridized carbons (Fsp3) is 0.250. The molecule has 0 spiro atoms. The number of carbonyl (C=O) groups excluding carboxylic acids is 1. The number of nitro groups is 1. The Morgan fingerprint density at radius 2 is 2.22 bits per heavy atom. The standard InChI is InChI=1S/C16H14N2O5/c1-22-16(19)10-7-11(9-17-8-10)23-15-6-5-12-13(15)3-2-4-14(12)18(20)21/h2-4,7-9,15H,5-6H2,1H3. The summed E-state index contributed by atoms with van der Waals surface area (Å²) >= 11 is 0. The molecular weight excluding hydrogens is 300 g/mol. The predicted molar refractivity (Wildman–Crippen MR) is 80.4 cm³/mol. The highest BCUT2D eigenvalue weighted by Crippen LogP contribution is 2.39. The van der Waals surface area contributed by atoms with Crippen LogP contribution < -0.4 is 4.74 Å². The SMILES string of the molecule is COC(=O)c1cncc(OC2CCc3c2cccc3[N+](=O)[O-])c1. The maximum absolute atomic E-state index is 11.5. The van der Waals surface area contributed by atoms with Crippen LogP contribution in [0.15, 0.2) is 36.7 Å². The zero-order valence-corrected chi connectivity index (χ0v) is 12.4. The van der Waals surface area contributed by atoms with Crippen LogP contribution in [0.4, 0.5) is 5.69 Å². The number of hydrogen-bond acceptors (Lipinski definition) is 6. The molecule has 1 aromatic carbocycles. The number of methoxy groups -OCH3 is 1. The van der Waals surface area contributed by atoms with Crippen molar-refractivity contribution in [1.29, 1.82) is 0 Å². The summed E-state index contributed by atoms with van der Waals surface area (Å²) in [7, 11) is 1.29. The van der Waals surface area contributed by atoms with Gasteiger partial charge in [0.05, 0.1) is 23.8 Å². The maximum Gasteiger partial charge on any atom is 0.339 e. The van der Waals surface area contributed by atoms with Crippen molar-refractivity contribution in [3.8, 4) is 5.75 Å². The number of esters is 1. The van der Waals surface area contributed by atoms with E-state index in [1.54, 1.807) is 12.1 Å². The number of fused-ring (bicyclic) bond motifs is 1. The van der Waals surface area contributed by atoms with E-state index in [0.717, 1.165) is 5.56 Å². The van der Waals surface area contributed by atoms with E-state index in [4.69, 9.17) is 4.74 Å². The van der Waals surface area contributed by atoms with Crippen molar-refractivity contribution >= 4 is 11.7 Å². The number of carbonyl (C=O) groups is 1. The van der Waals surface area contributed by atoms with Gasteiger partial charge in [-0.3, -0.25) is 15.1 Å². The molecule has 1 aliphatic carbocycles. The average molecular weight is 314 g/mol. The fourth-order valence-corrected chi connectivity index (χ4v) is 2.77. The van der Waals surface area contributed by atoms with E-state index in [-0.39, 0.29) is 16.7 Å². The Morgan fingerprint density at radius 3 is 2.96 bits per heavy atom. The minimum Gasteiger partial charge on any atom is -0.484 e. The van der Waals surface area contributed by atoms with Crippen LogP contribution in [-0.4, -0.2) is 23.0 Å². The van der Waals surface area contributed by atoms with Gasteiger partial charge in [0.25, 0.3) is 5.69 Å². The van der Waals surface area contributed by atoms with Crippen molar-refractivity contribution in [3.05, 3.63) is 63.5 Å². The van der Waals surface area contributed by atoms with Gasteiger partial charge in [-0.05, 0) is 18.9 Å². The number of hydrogen-bond donors (Lipinski definition) is 0. The van der Waals surface area contributed by atoms with Gasteiger partial charge in [0, 0.05) is 23.4 Å². The van der Waals surface area contributed by atoms with Crippen LogP contribution in [0.5, 0.6) is 5.75 Å². The molecule has 0 saturated carbocycles. The highest BCUT2D eigenvalue weighted by molar-refractivity contribution is 5.89. The highest BCUT2D eigenvalue weighted by Gasteiger charge is 2.30. The Bertz CT molecular complexity index is 775. The van der Waals surface area contributed by atoms with E-state index in [1.807, 2.05) is 6.07 Å². The molecule has 1 atom stereocenters. The summed E-state index contributed by atoms with van der Waals surface area (Å²) in [6.45, 7) is 0. The van der Waals surface area contributed by atoms with E-state index in [9.17, 15) is 14.9 Å². The molecule has 3 rings (SSSR count). The molecule has 0 aliphatic heterocycles. The number of benzene rings is 1. The molecule has 2 aromatic rings. The number of ether oxygens (including phenoxy) is 2. The molecular formula is C16H14N2O5. The molecule has 23 heavy (non-hydrogen) atoms. The predicted octanol–water partition coefficient (Wildman–Crippen LogP) is 2.84. The van der Waals surface area contributed by atoms with Crippen LogP contribution in [0.2, 0.25) is 0 Å². The summed E-state index contributed by atoms with van der Waals surface area (Å²) in [4.78, 5) is 26.2. The van der Waals surface area contributed by atoms with E-state index < -0.39 is 5.97 Å². The molecule has 118 valence electrons. The zero-order valence-electron chi connectivity index (χ0n) is 12.4. The van der Waals surface area contributed by atoms with E-state index >= 15 is 0 Å². The average Bonchev–Trinajstić information content (AvgIpc) is 2.97. The third-order valence-electron chi connectivity index (χ3n) is 3.80. The number of pyridine rings is 1. The number of nitrogens with zero attached hydrogens (tertiary/aromatic N) is 2. The second-order valence-corrected chi connectivity index (χ2v) is 5.15. The third-order valence-corrected chi connectivity index (χ3v) is 3.80. The molecule has 0 N–H and O–H groups in total. The first kappa shape index (κ1) is 15.0. The van der Waals surface area contributed by atoms with Crippen molar-refractivity contribution in [2.45, 2.75) is 18.9 Å². The van der Waals surface area contributed by atoms with Crippen LogP contribution in [0.3, 0.4) is 0 Å². The minimum atomic E-state index is -0.495. The number of nitro benzene ring substituents is 1. The molecule has 7 nitrogen and oxygen atoms in total. The van der Waals surface area contributed by atoms with E-state index in [1.165, 1.54) is 25.6 Å². The quantitative estimate of drug-likeness (QED) is 0.489. The molecule has 7 heteroatoms. The lowest BCUT2D eigenvalue weighted by Crippen LogP contribution is -2.06. The van der Waals surface area contributed by atoms with E-state index in [0.29, 0.717) is 29.7 Å². The first-order chi connectivity index (χ1) is 11.1. The number of aromatic nitrogens is 1. The molecule has 1 unspecified atom stereocenters. The van der Waals surface area contributed by atoms with Gasteiger partial charge in [-0.1, -0.05) is 12.1 Å². The van der Waals surface area contributed by atoms with Gasteiger partial charge in [0.15, 0.2) is 0 Å². The van der Waals surface area contributed by atoms with Gasteiger partial charge in [-0.25, -0.2) is 4.79 Å². The third kappa shape index (κ3) is 2.85. The molecule has 0 bridgehead atoms. The minimum absolute atomic E-state index is 0.120. The molecule has 1 aromatic heterocycles. The Hall–Kier alpha value is -2.96. The van der Waals surface area contributed by atoms with Gasteiger partial charge in [-0.15, -0.1) is 0 Å². The van der Waals surface area contributed by atoms with Gasteiger partial charge in [-0.2, -0.15) is 0 Å². The van der Waals surface area contributed by atoms with Gasteiger partial charge < -0.3 is 9.47 Å². The van der Waals surface area contributed by atoms with Gasteiger partial charge in [0.1, 0.15) is 11.9 Å². The molecule has 1 heterocycles. The molecule has 1 aliphatic rings. The van der Waals surface area contributed by atoms with Crippen LogP contribution in [0.1, 0.15) is 34.0 Å². The summed E-state index contributed by atoms with van der Waals surface area (Å²) in [6.07, 6.45) is 3.83. The Labute approximate surface area is 132 Å². The van der Waals surface area contributed by atoms with E-state index in [2.05, 4.69) is 9.72 Å². The summed E-state index contributed by atoms with van der Waals surface area (Å²) in [6, 6.07) is 6.54. The van der Waals surface area contributed by atoms with Crippen molar-refractivity contribution < 1.29 is 19.2 Å². The lowest BCUT2D eigenvalue weighted by Gasteiger charge is -2.15. The Kier molecular flexibility index (Phi) is 3.92. The first-order valence-corrected chi connectivity index (χ1v) is 7.06. The lowest BCUT2D eigenvalue weighted by molar-refractivity contribution is -0.385. The largest absolute Gasteiger partial charge is 0.484 e. The molecule has 0 amide bonds. The summed E-state index contributed by atoms with van der Waals surface area (Å²) in [5, 5.41) is 11.1. The van der Waals surface area contributed by atoms with Gasteiger partial charge in [0.2, 0.25) is 0 Å². The monoisotopic (exact) mass is 314 g/mol. The zero-order chi connectivity index (χ0) is 16.4. The van der Waals surface area contributed by atoms with Crippen LogP contribution in [0.25, 0.3) is 0 Å². The van der Waals surface area contributed by atoms with Crippen molar-refractivity contribution in [2.24, 2.45) is 0 Å². The molecule has 0 saturated heterocycles. The number of rotatable bonds is 4. The fourth-order valence-electron chi connectivity index (χ4n) is 2.77. The highest BCUT2D eigenvalue weighted by atomic mass is 16.6. The Balaban J connectivity index is 1.86. The topological polar surface area (TPSA) is 91.6 Å². The lowest BCUT2D eigenvalue weighted by atomic mass is 10.1. The smallest absolute Gasteiger partial charge is 0.339 e. The maximum atomic E-state index is 11.5. The second kappa shape index (κ2) is 6.04. The van der Waals surface area contributed by atoms with Crippen LogP contribution in [0, 0.1) is 10.1 Å². The molecule has 0 fully saturated rings. The normalized spacial score (nSPS) is 15.8. The summed E-state index contributed by atoms with van der Waals surface area (Å²) < 4.78 is 10.5. The van der Waals surface area contributed by atoms with Crippen LogP contribution >= 0.6 is 0 Å². The summed E-state index contributed by atoms with van der Waals surface area (Å²) in [5.74, 6) is -0.0670. The second-order valence-electron chi connectivity index (χ2n) is 5.15. The van der Waals surface area contributed by atoms with Crippen molar-refractivity contribution in [2.75, 3.05) is 7.11 Å². The van der Waals surface area contributed by atoms with Gasteiger partial charge >= 0.3 is 5.97 Å². The van der Waals surface area contributed by atoms with Crippen molar-refractivity contribution in [1.82, 2.24) is 4.98 Å². The summed E-state index contributed by atoms with van der Waals surface area (Å²) in [5.41, 5.74) is 1.93. The molecule has 0 radical (unpaired) electrons. The Morgan fingerprint density at radius 1 is 1.39 bits per heavy atom. The van der Waals surface area contributed by atoms with Crippen molar-refractivity contribution in [3.63, 3.8) is 0 Å². The first-order valence-electron chi connectivity index (χ1n) is 7.06.